The van der Waals surface area contributed by atoms with E-state index in [0.29, 0.717) is 0 Å². The lowest BCUT2D eigenvalue weighted by atomic mass is 9.98. The van der Waals surface area contributed by atoms with Crippen molar-refractivity contribution in [3.05, 3.63) is 51.3 Å². The van der Waals surface area contributed by atoms with Crippen LogP contribution in [-0.4, -0.2) is 9.78 Å². The predicted molar refractivity (Wildman–Crippen MR) is 82.1 cm³/mol. The van der Waals surface area contributed by atoms with E-state index in [-0.39, 0.29) is 6.04 Å². The largest absolute Gasteiger partial charge is 0.322 e. The molecule has 0 aliphatic rings. The Bertz CT molecular complexity index is 575. The third-order valence-electron chi connectivity index (χ3n) is 3.43. The zero-order chi connectivity index (χ0) is 14.0. The summed E-state index contributed by atoms with van der Waals surface area (Å²) in [5, 5.41) is 4.33. The van der Waals surface area contributed by atoms with E-state index in [1.165, 1.54) is 16.7 Å². The molecule has 1 aromatic heterocycles. The van der Waals surface area contributed by atoms with Gasteiger partial charge in [-0.1, -0.05) is 23.8 Å². The molecular formula is C15H20BrN3. The highest BCUT2D eigenvalue weighted by Crippen LogP contribution is 2.25. The van der Waals surface area contributed by atoms with E-state index in [1.54, 1.807) is 0 Å². The molecule has 1 aromatic carbocycles. The second kappa shape index (κ2) is 5.88. The summed E-state index contributed by atoms with van der Waals surface area (Å²) in [6, 6.07) is 6.47. The van der Waals surface area contributed by atoms with Crippen LogP contribution in [0.2, 0.25) is 0 Å². The maximum Gasteiger partial charge on any atom is 0.0696 e. The molecule has 2 aromatic rings. The van der Waals surface area contributed by atoms with Crippen LogP contribution < -0.4 is 5.73 Å². The standard InChI is InChI=1S/C15H20BrN3/c1-4-19-15(13(16)9-18-19)14(17)8-12-7-10(2)5-6-11(12)3/h5-7,9,14H,4,8,17H2,1-3H3. The number of aryl methyl sites for hydroxylation is 3. The van der Waals surface area contributed by atoms with Gasteiger partial charge >= 0.3 is 0 Å². The van der Waals surface area contributed by atoms with E-state index in [1.807, 2.05) is 10.9 Å². The average molecular weight is 322 g/mol. The molecule has 0 radical (unpaired) electrons. The summed E-state index contributed by atoms with van der Waals surface area (Å²) in [6.07, 6.45) is 2.65. The topological polar surface area (TPSA) is 43.8 Å². The highest BCUT2D eigenvalue weighted by molar-refractivity contribution is 9.10. The first kappa shape index (κ1) is 14.3. The van der Waals surface area contributed by atoms with Crippen LogP contribution in [0.1, 0.15) is 35.3 Å². The number of benzene rings is 1. The molecule has 3 nitrogen and oxygen atoms in total. The van der Waals surface area contributed by atoms with Crippen molar-refractivity contribution in [1.82, 2.24) is 9.78 Å². The Morgan fingerprint density at radius 1 is 1.37 bits per heavy atom. The Hall–Kier alpha value is -1.13. The number of rotatable bonds is 4. The molecule has 0 saturated carbocycles. The third-order valence-corrected chi connectivity index (χ3v) is 4.04. The van der Waals surface area contributed by atoms with Crippen LogP contribution in [0.4, 0.5) is 0 Å². The SMILES string of the molecule is CCn1ncc(Br)c1C(N)Cc1cc(C)ccc1C. The minimum atomic E-state index is -0.0441. The van der Waals surface area contributed by atoms with Gasteiger partial charge < -0.3 is 5.73 Å². The Morgan fingerprint density at radius 2 is 2.11 bits per heavy atom. The fourth-order valence-corrected chi connectivity index (χ4v) is 2.94. The van der Waals surface area contributed by atoms with Gasteiger partial charge in [-0.25, -0.2) is 0 Å². The molecule has 0 amide bonds. The Morgan fingerprint density at radius 3 is 2.79 bits per heavy atom. The first-order valence-corrected chi connectivity index (χ1v) is 7.35. The van der Waals surface area contributed by atoms with Gasteiger partial charge in [0.1, 0.15) is 0 Å². The van der Waals surface area contributed by atoms with Crippen molar-refractivity contribution >= 4 is 15.9 Å². The van der Waals surface area contributed by atoms with E-state index in [4.69, 9.17) is 5.73 Å². The van der Waals surface area contributed by atoms with E-state index in [9.17, 15) is 0 Å². The molecule has 4 heteroatoms. The Balaban J connectivity index is 2.27. The maximum absolute atomic E-state index is 6.38. The van der Waals surface area contributed by atoms with Gasteiger partial charge in [-0.3, -0.25) is 4.68 Å². The molecule has 0 bridgehead atoms. The normalized spacial score (nSPS) is 12.7. The lowest BCUT2D eigenvalue weighted by Gasteiger charge is -2.16. The quantitative estimate of drug-likeness (QED) is 0.936. The first-order valence-electron chi connectivity index (χ1n) is 6.55. The van der Waals surface area contributed by atoms with Gasteiger partial charge in [-0.15, -0.1) is 0 Å². The van der Waals surface area contributed by atoms with Crippen LogP contribution in [0.15, 0.2) is 28.9 Å². The highest BCUT2D eigenvalue weighted by atomic mass is 79.9. The number of nitrogens with two attached hydrogens (primary N) is 1. The summed E-state index contributed by atoms with van der Waals surface area (Å²) in [6.45, 7) is 7.16. The summed E-state index contributed by atoms with van der Waals surface area (Å²) in [7, 11) is 0. The Kier molecular flexibility index (Phi) is 4.42. The van der Waals surface area contributed by atoms with Crippen LogP contribution in [0.25, 0.3) is 0 Å². The monoisotopic (exact) mass is 321 g/mol. The second-order valence-corrected chi connectivity index (χ2v) is 5.79. The van der Waals surface area contributed by atoms with Crippen LogP contribution in [-0.2, 0) is 13.0 Å². The summed E-state index contributed by atoms with van der Waals surface area (Å²) in [4.78, 5) is 0. The minimum absolute atomic E-state index is 0.0441. The summed E-state index contributed by atoms with van der Waals surface area (Å²) in [5.74, 6) is 0. The van der Waals surface area contributed by atoms with E-state index < -0.39 is 0 Å². The maximum atomic E-state index is 6.38. The zero-order valence-corrected chi connectivity index (χ0v) is 13.2. The first-order chi connectivity index (χ1) is 9.02. The molecule has 2 N–H and O–H groups in total. The van der Waals surface area contributed by atoms with Crippen LogP contribution >= 0.6 is 15.9 Å². The lowest BCUT2D eigenvalue weighted by Crippen LogP contribution is -2.19. The Labute approximate surface area is 122 Å². The fourth-order valence-electron chi connectivity index (χ4n) is 2.35. The fraction of sp³-hybridized carbons (Fsp3) is 0.400. The molecule has 0 spiro atoms. The van der Waals surface area contributed by atoms with Crippen molar-refractivity contribution in [2.24, 2.45) is 5.73 Å². The molecule has 0 saturated heterocycles. The van der Waals surface area contributed by atoms with Gasteiger partial charge in [-0.05, 0) is 54.2 Å². The van der Waals surface area contributed by atoms with E-state index >= 15 is 0 Å². The van der Waals surface area contributed by atoms with Gasteiger partial charge in [0.05, 0.1) is 22.4 Å². The van der Waals surface area contributed by atoms with Crippen LogP contribution in [0, 0.1) is 13.8 Å². The molecule has 0 fully saturated rings. The molecular weight excluding hydrogens is 302 g/mol. The molecule has 1 heterocycles. The van der Waals surface area contributed by atoms with Crippen molar-refractivity contribution in [3.63, 3.8) is 0 Å². The molecule has 1 unspecified atom stereocenters. The van der Waals surface area contributed by atoms with Crippen molar-refractivity contribution < 1.29 is 0 Å². The predicted octanol–water partition coefficient (Wildman–Crippen LogP) is 3.52. The highest BCUT2D eigenvalue weighted by Gasteiger charge is 2.17. The molecule has 0 aliphatic heterocycles. The number of nitrogens with zero attached hydrogens (tertiary/aromatic N) is 2. The molecule has 0 aliphatic carbocycles. The third kappa shape index (κ3) is 3.07. The molecule has 1 atom stereocenters. The lowest BCUT2D eigenvalue weighted by molar-refractivity contribution is 0.566. The summed E-state index contributed by atoms with van der Waals surface area (Å²) < 4.78 is 2.95. The van der Waals surface area contributed by atoms with Gasteiger partial charge in [-0.2, -0.15) is 5.10 Å². The number of aromatic nitrogens is 2. The van der Waals surface area contributed by atoms with Gasteiger partial charge in [0.2, 0.25) is 0 Å². The summed E-state index contributed by atoms with van der Waals surface area (Å²) in [5.41, 5.74) is 11.3. The van der Waals surface area contributed by atoms with Crippen molar-refractivity contribution in [2.45, 2.75) is 39.8 Å². The van der Waals surface area contributed by atoms with Crippen molar-refractivity contribution in [3.8, 4) is 0 Å². The smallest absolute Gasteiger partial charge is 0.0696 e. The van der Waals surface area contributed by atoms with Crippen LogP contribution in [0.3, 0.4) is 0 Å². The van der Waals surface area contributed by atoms with E-state index in [2.05, 4.69) is 60.0 Å². The van der Waals surface area contributed by atoms with Gasteiger partial charge in [0, 0.05) is 6.54 Å². The van der Waals surface area contributed by atoms with Gasteiger partial charge in [0.15, 0.2) is 0 Å². The van der Waals surface area contributed by atoms with Crippen molar-refractivity contribution in [1.29, 1.82) is 0 Å². The van der Waals surface area contributed by atoms with Crippen LogP contribution in [0.5, 0.6) is 0 Å². The molecule has 19 heavy (non-hydrogen) atoms. The minimum Gasteiger partial charge on any atom is -0.322 e. The van der Waals surface area contributed by atoms with Gasteiger partial charge in [0.25, 0.3) is 0 Å². The number of halogens is 1. The number of hydrogen-bond donors (Lipinski definition) is 1. The van der Waals surface area contributed by atoms with E-state index in [0.717, 1.165) is 23.1 Å². The molecule has 2 rings (SSSR count). The van der Waals surface area contributed by atoms with Crippen molar-refractivity contribution in [2.75, 3.05) is 0 Å². The second-order valence-electron chi connectivity index (χ2n) is 4.93. The molecule has 102 valence electrons. The average Bonchev–Trinajstić information content (AvgIpc) is 2.75. The summed E-state index contributed by atoms with van der Waals surface area (Å²) >= 11 is 3.54. The zero-order valence-electron chi connectivity index (χ0n) is 11.7. The number of hydrogen-bond acceptors (Lipinski definition) is 2.